The first kappa shape index (κ1) is 16.4. The van der Waals surface area contributed by atoms with Crippen molar-refractivity contribution in [3.8, 4) is 0 Å². The molecule has 0 spiro atoms. The third-order valence-corrected chi connectivity index (χ3v) is 5.69. The molecule has 0 aliphatic carbocycles. The molecule has 21 heavy (non-hydrogen) atoms. The Morgan fingerprint density at radius 2 is 2.14 bits per heavy atom. The van der Waals surface area contributed by atoms with Crippen LogP contribution in [0.2, 0.25) is 0 Å². The van der Waals surface area contributed by atoms with E-state index in [9.17, 15) is 8.42 Å². The van der Waals surface area contributed by atoms with Gasteiger partial charge in [0, 0.05) is 33.0 Å². The van der Waals surface area contributed by atoms with E-state index in [1.807, 2.05) is 6.92 Å². The van der Waals surface area contributed by atoms with E-state index in [1.165, 1.54) is 4.31 Å². The fraction of sp³-hybridized carbons (Fsp3) is 0.846. The lowest BCUT2D eigenvalue weighted by atomic mass is 9.97. The number of unbranched alkanes of at least 4 members (excludes halogenated alkanes) is 1. The fourth-order valence-electron chi connectivity index (χ4n) is 2.64. The van der Waals surface area contributed by atoms with E-state index in [2.05, 4.69) is 10.2 Å². The Morgan fingerprint density at radius 3 is 2.71 bits per heavy atom. The van der Waals surface area contributed by atoms with Crippen LogP contribution in [0.1, 0.15) is 37.5 Å². The van der Waals surface area contributed by atoms with Gasteiger partial charge in [0.15, 0.2) is 0 Å². The fourth-order valence-corrected chi connectivity index (χ4v) is 4.36. The van der Waals surface area contributed by atoms with Gasteiger partial charge in [0.05, 0.1) is 18.3 Å². The quantitative estimate of drug-likeness (QED) is 0.750. The summed E-state index contributed by atoms with van der Waals surface area (Å²) in [5, 5.41) is 7.88. The molecular weight excluding hydrogens is 294 g/mol. The minimum Gasteiger partial charge on any atom is -0.425 e. The average Bonchev–Trinajstić information content (AvgIpc) is 3.03. The average molecular weight is 317 g/mol. The predicted molar refractivity (Wildman–Crippen MR) is 77.4 cm³/mol. The highest BCUT2D eigenvalue weighted by atomic mass is 32.2. The Bertz CT molecular complexity index is 558. The first-order valence-corrected chi connectivity index (χ1v) is 8.85. The molecule has 2 heterocycles. The van der Waals surface area contributed by atoms with Crippen molar-refractivity contribution in [2.75, 3.05) is 32.6 Å². The van der Waals surface area contributed by atoms with Gasteiger partial charge in [-0.15, -0.1) is 10.2 Å². The summed E-state index contributed by atoms with van der Waals surface area (Å²) < 4.78 is 36.9. The molecule has 1 aliphatic rings. The number of hydrogen-bond donors (Lipinski definition) is 0. The summed E-state index contributed by atoms with van der Waals surface area (Å²) in [6.07, 6.45) is 1.54. The highest BCUT2D eigenvalue weighted by Crippen LogP contribution is 2.33. The molecule has 8 heteroatoms. The summed E-state index contributed by atoms with van der Waals surface area (Å²) in [4.78, 5) is 0. The van der Waals surface area contributed by atoms with Gasteiger partial charge in [0.2, 0.25) is 21.8 Å². The molecule has 0 N–H and O–H groups in total. The molecule has 0 aromatic carbocycles. The lowest BCUT2D eigenvalue weighted by Gasteiger charge is -2.15. The number of sulfonamides is 1. The number of methoxy groups -OCH3 is 1. The Balaban J connectivity index is 2.15. The lowest BCUT2D eigenvalue weighted by molar-refractivity contribution is 0.146. The van der Waals surface area contributed by atoms with Crippen molar-refractivity contribution in [2.24, 2.45) is 5.92 Å². The Labute approximate surface area is 125 Å². The van der Waals surface area contributed by atoms with E-state index in [1.54, 1.807) is 14.0 Å². The van der Waals surface area contributed by atoms with Crippen LogP contribution in [-0.4, -0.2) is 55.5 Å². The summed E-state index contributed by atoms with van der Waals surface area (Å²) >= 11 is 0. The standard InChI is InChI=1S/C13H23N3O4S/c1-4-5-6-21(17,18)16-7-11(9-19-3)12(8-16)13-15-14-10(2)20-13/h11-12H,4-9H2,1-3H3/t11-,12+/m0/s1. The zero-order valence-corrected chi connectivity index (χ0v) is 13.6. The molecule has 0 radical (unpaired) electrons. The molecule has 7 nitrogen and oxygen atoms in total. The zero-order chi connectivity index (χ0) is 15.5. The second-order valence-electron chi connectivity index (χ2n) is 5.47. The number of aryl methyl sites for hydroxylation is 1. The van der Waals surface area contributed by atoms with Gasteiger partial charge in [-0.05, 0) is 6.42 Å². The molecule has 0 amide bonds. The molecule has 1 aromatic heterocycles. The second-order valence-corrected chi connectivity index (χ2v) is 7.56. The summed E-state index contributed by atoms with van der Waals surface area (Å²) in [6.45, 7) is 5.03. The Kier molecular flexibility index (Phi) is 5.34. The maximum Gasteiger partial charge on any atom is 0.221 e. The van der Waals surface area contributed by atoms with E-state index in [0.29, 0.717) is 37.9 Å². The van der Waals surface area contributed by atoms with Crippen molar-refractivity contribution in [1.29, 1.82) is 0 Å². The largest absolute Gasteiger partial charge is 0.425 e. The Hall–Kier alpha value is -0.990. The van der Waals surface area contributed by atoms with Crippen LogP contribution in [0.25, 0.3) is 0 Å². The lowest BCUT2D eigenvalue weighted by Crippen LogP contribution is -2.31. The number of nitrogens with zero attached hydrogens (tertiary/aromatic N) is 3. The van der Waals surface area contributed by atoms with Gasteiger partial charge >= 0.3 is 0 Å². The van der Waals surface area contributed by atoms with Gasteiger partial charge in [-0.2, -0.15) is 0 Å². The van der Waals surface area contributed by atoms with Gasteiger partial charge in [-0.25, -0.2) is 12.7 Å². The molecule has 1 saturated heterocycles. The van der Waals surface area contributed by atoms with Gasteiger partial charge in [-0.3, -0.25) is 0 Å². The van der Waals surface area contributed by atoms with Crippen molar-refractivity contribution in [1.82, 2.24) is 14.5 Å². The molecule has 2 rings (SSSR count). The van der Waals surface area contributed by atoms with Crippen molar-refractivity contribution in [2.45, 2.75) is 32.6 Å². The normalized spacial score (nSPS) is 23.8. The van der Waals surface area contributed by atoms with Crippen LogP contribution < -0.4 is 0 Å². The van der Waals surface area contributed by atoms with Crippen LogP contribution in [-0.2, 0) is 14.8 Å². The number of aromatic nitrogens is 2. The Morgan fingerprint density at radius 1 is 1.38 bits per heavy atom. The topological polar surface area (TPSA) is 85.5 Å². The number of ether oxygens (including phenoxy) is 1. The van der Waals surface area contributed by atoms with Crippen LogP contribution in [0.3, 0.4) is 0 Å². The maximum atomic E-state index is 12.3. The first-order chi connectivity index (χ1) is 9.97. The van der Waals surface area contributed by atoms with Crippen molar-refractivity contribution in [3.05, 3.63) is 11.8 Å². The highest BCUT2D eigenvalue weighted by Gasteiger charge is 2.41. The van der Waals surface area contributed by atoms with Crippen molar-refractivity contribution >= 4 is 10.0 Å². The van der Waals surface area contributed by atoms with Gasteiger partial charge in [-0.1, -0.05) is 13.3 Å². The molecule has 0 bridgehead atoms. The zero-order valence-electron chi connectivity index (χ0n) is 12.8. The molecule has 1 aliphatic heterocycles. The smallest absolute Gasteiger partial charge is 0.221 e. The summed E-state index contributed by atoms with van der Waals surface area (Å²) in [6, 6.07) is 0. The van der Waals surface area contributed by atoms with Crippen LogP contribution >= 0.6 is 0 Å². The van der Waals surface area contributed by atoms with Crippen LogP contribution in [0.15, 0.2) is 4.42 Å². The van der Waals surface area contributed by atoms with E-state index in [4.69, 9.17) is 9.15 Å². The molecule has 120 valence electrons. The van der Waals surface area contributed by atoms with E-state index < -0.39 is 10.0 Å². The van der Waals surface area contributed by atoms with E-state index in [-0.39, 0.29) is 17.6 Å². The van der Waals surface area contributed by atoms with Crippen LogP contribution in [0.5, 0.6) is 0 Å². The van der Waals surface area contributed by atoms with Crippen LogP contribution in [0.4, 0.5) is 0 Å². The van der Waals surface area contributed by atoms with Crippen molar-refractivity contribution < 1.29 is 17.6 Å². The van der Waals surface area contributed by atoms with Gasteiger partial charge in [0.1, 0.15) is 0 Å². The van der Waals surface area contributed by atoms with Crippen LogP contribution in [0, 0.1) is 12.8 Å². The third-order valence-electron chi connectivity index (χ3n) is 3.80. The monoisotopic (exact) mass is 317 g/mol. The summed E-state index contributed by atoms with van der Waals surface area (Å²) in [7, 11) is -1.60. The maximum absolute atomic E-state index is 12.3. The molecule has 2 atom stereocenters. The number of rotatable bonds is 7. The first-order valence-electron chi connectivity index (χ1n) is 7.24. The third kappa shape index (κ3) is 3.81. The van der Waals surface area contributed by atoms with Gasteiger partial charge < -0.3 is 9.15 Å². The highest BCUT2D eigenvalue weighted by molar-refractivity contribution is 7.89. The second kappa shape index (κ2) is 6.85. The summed E-state index contributed by atoms with van der Waals surface area (Å²) in [5.74, 6) is 1.14. The molecule has 0 unspecified atom stereocenters. The minimum absolute atomic E-state index is 0.0475. The van der Waals surface area contributed by atoms with E-state index >= 15 is 0 Å². The molecule has 0 saturated carbocycles. The molecule has 1 aromatic rings. The minimum atomic E-state index is -3.22. The SMILES string of the molecule is CCCCS(=O)(=O)N1C[C@@H](COC)[C@H](c2nnc(C)o2)C1. The molecule has 1 fully saturated rings. The van der Waals surface area contributed by atoms with Gasteiger partial charge in [0.25, 0.3) is 0 Å². The predicted octanol–water partition coefficient (Wildman–Crippen LogP) is 1.17. The number of hydrogen-bond acceptors (Lipinski definition) is 6. The summed E-state index contributed by atoms with van der Waals surface area (Å²) in [5.41, 5.74) is 0. The molecular formula is C13H23N3O4S. The van der Waals surface area contributed by atoms with E-state index in [0.717, 1.165) is 6.42 Å². The van der Waals surface area contributed by atoms with Crippen molar-refractivity contribution in [3.63, 3.8) is 0 Å².